The van der Waals surface area contributed by atoms with Crippen LogP contribution in [-0.2, 0) is 22.2 Å². The molecule has 0 aromatic heterocycles. The smallest absolute Gasteiger partial charge is 0.0321 e. The number of hydrogen-bond acceptors (Lipinski definition) is 4. The summed E-state index contributed by atoms with van der Waals surface area (Å²) in [7, 11) is 0. The van der Waals surface area contributed by atoms with Crippen LogP contribution in [0.15, 0.2) is 107 Å². The standard InChI is InChI=1S/C28H22O4S2/c29-33(30)27-7-3-1-5-25(27)19-13-21-9-15-23(16-10-21)24-17-11-22(12-18-24)14-20-26-6-2-4-8-28(26)34(31)32/h1-20H,(H,29,30)(H,31,32)/p-2. The first-order valence-corrected chi connectivity index (χ1v) is 12.6. The Kier molecular flexibility index (Phi) is 7.77. The monoisotopic (exact) mass is 484 g/mol. The zero-order valence-electron chi connectivity index (χ0n) is 18.0. The third-order valence-corrected chi connectivity index (χ3v) is 6.72. The second-order valence-corrected chi connectivity index (χ2v) is 9.27. The van der Waals surface area contributed by atoms with Crippen molar-refractivity contribution >= 4 is 46.5 Å². The average Bonchev–Trinajstić information content (AvgIpc) is 2.87. The van der Waals surface area contributed by atoms with Gasteiger partial charge in [-0.3, -0.25) is 8.42 Å². The van der Waals surface area contributed by atoms with Gasteiger partial charge in [0.05, 0.1) is 0 Å². The van der Waals surface area contributed by atoms with Crippen LogP contribution in [0.4, 0.5) is 0 Å². The Morgan fingerprint density at radius 1 is 0.471 bits per heavy atom. The lowest BCUT2D eigenvalue weighted by atomic mass is 10.0. The van der Waals surface area contributed by atoms with Crippen LogP contribution in [0.3, 0.4) is 0 Å². The van der Waals surface area contributed by atoms with Crippen molar-refractivity contribution in [3.05, 3.63) is 119 Å². The lowest BCUT2D eigenvalue weighted by Crippen LogP contribution is -1.91. The molecule has 0 saturated carbocycles. The summed E-state index contributed by atoms with van der Waals surface area (Å²) >= 11 is -4.56. The third kappa shape index (κ3) is 5.92. The van der Waals surface area contributed by atoms with E-state index in [4.69, 9.17) is 0 Å². The van der Waals surface area contributed by atoms with E-state index in [1.54, 1.807) is 48.6 Å². The van der Waals surface area contributed by atoms with Gasteiger partial charge in [-0.05, 0) is 67.7 Å². The largest absolute Gasteiger partial charge is 0.768 e. The van der Waals surface area contributed by atoms with Crippen molar-refractivity contribution in [2.75, 3.05) is 0 Å². The lowest BCUT2D eigenvalue weighted by Gasteiger charge is -2.08. The van der Waals surface area contributed by atoms with Crippen LogP contribution in [0, 0.1) is 0 Å². The molecule has 2 unspecified atom stereocenters. The number of benzene rings is 4. The first kappa shape index (κ1) is 23.7. The normalized spacial score (nSPS) is 13.4. The van der Waals surface area contributed by atoms with E-state index < -0.39 is 22.2 Å². The second-order valence-electron chi connectivity index (χ2n) is 7.46. The predicted molar refractivity (Wildman–Crippen MR) is 137 cm³/mol. The summed E-state index contributed by atoms with van der Waals surface area (Å²) in [6.45, 7) is 0. The van der Waals surface area contributed by atoms with Gasteiger partial charge in [0.15, 0.2) is 0 Å². The maximum Gasteiger partial charge on any atom is 0.0321 e. The highest BCUT2D eigenvalue weighted by Gasteiger charge is 2.01. The quantitative estimate of drug-likeness (QED) is 0.232. The van der Waals surface area contributed by atoms with E-state index in [1.165, 1.54) is 0 Å². The molecule has 0 fully saturated rings. The van der Waals surface area contributed by atoms with Gasteiger partial charge in [0, 0.05) is 9.79 Å². The zero-order chi connectivity index (χ0) is 23.9. The minimum absolute atomic E-state index is 0.272. The molecule has 0 saturated heterocycles. The van der Waals surface area contributed by atoms with Gasteiger partial charge in [0.1, 0.15) is 0 Å². The van der Waals surface area contributed by atoms with Crippen LogP contribution >= 0.6 is 0 Å². The maximum absolute atomic E-state index is 11.4. The van der Waals surface area contributed by atoms with Crippen molar-refractivity contribution in [3.63, 3.8) is 0 Å². The summed E-state index contributed by atoms with van der Waals surface area (Å²) < 4.78 is 45.4. The summed E-state index contributed by atoms with van der Waals surface area (Å²) in [6.07, 6.45) is 7.36. The molecular formula is C28H20O4S2-2. The Hall–Kier alpha value is -3.42. The van der Waals surface area contributed by atoms with Gasteiger partial charge in [-0.2, -0.15) is 0 Å². The van der Waals surface area contributed by atoms with E-state index in [9.17, 15) is 17.5 Å². The molecule has 34 heavy (non-hydrogen) atoms. The molecule has 0 aliphatic rings. The molecule has 0 N–H and O–H groups in total. The first-order valence-electron chi connectivity index (χ1n) is 10.4. The Bertz CT molecular complexity index is 1280. The molecule has 0 aliphatic carbocycles. The maximum atomic E-state index is 11.4. The molecule has 4 aromatic rings. The summed E-state index contributed by atoms with van der Waals surface area (Å²) in [6, 6.07) is 29.7. The molecule has 0 spiro atoms. The van der Waals surface area contributed by atoms with Crippen LogP contribution in [-0.4, -0.2) is 17.5 Å². The van der Waals surface area contributed by atoms with Crippen molar-refractivity contribution in [2.24, 2.45) is 0 Å². The van der Waals surface area contributed by atoms with Gasteiger partial charge in [0.25, 0.3) is 0 Å². The molecule has 2 atom stereocenters. The van der Waals surface area contributed by atoms with E-state index in [0.717, 1.165) is 22.3 Å². The fraction of sp³-hybridized carbons (Fsp3) is 0. The van der Waals surface area contributed by atoms with Gasteiger partial charge < -0.3 is 9.11 Å². The van der Waals surface area contributed by atoms with Crippen LogP contribution in [0.25, 0.3) is 35.4 Å². The second kappa shape index (κ2) is 11.1. The molecule has 6 heteroatoms. The van der Waals surface area contributed by atoms with Crippen LogP contribution < -0.4 is 0 Å². The van der Waals surface area contributed by atoms with E-state index >= 15 is 0 Å². The molecule has 0 bridgehead atoms. The minimum atomic E-state index is -2.28. The van der Waals surface area contributed by atoms with Crippen LogP contribution in [0.5, 0.6) is 0 Å². The molecule has 4 rings (SSSR count). The first-order chi connectivity index (χ1) is 16.5. The van der Waals surface area contributed by atoms with Crippen LogP contribution in [0.1, 0.15) is 22.3 Å². The molecule has 170 valence electrons. The molecule has 0 heterocycles. The predicted octanol–water partition coefficient (Wildman–Crippen LogP) is 6.17. The summed E-state index contributed by atoms with van der Waals surface area (Å²) in [4.78, 5) is 0.545. The fourth-order valence-electron chi connectivity index (χ4n) is 3.49. The highest BCUT2D eigenvalue weighted by Crippen LogP contribution is 2.23. The highest BCUT2D eigenvalue weighted by molar-refractivity contribution is 7.79. The minimum Gasteiger partial charge on any atom is -0.768 e. The van der Waals surface area contributed by atoms with Gasteiger partial charge in [0.2, 0.25) is 0 Å². The van der Waals surface area contributed by atoms with E-state index in [0.29, 0.717) is 11.1 Å². The Morgan fingerprint density at radius 2 is 0.824 bits per heavy atom. The molecular weight excluding hydrogens is 464 g/mol. The van der Waals surface area contributed by atoms with Crippen LogP contribution in [0.2, 0.25) is 0 Å². The molecule has 4 nitrogen and oxygen atoms in total. The summed E-state index contributed by atoms with van der Waals surface area (Å²) in [5, 5.41) is 0. The Morgan fingerprint density at radius 3 is 1.18 bits per heavy atom. The van der Waals surface area contributed by atoms with E-state index in [2.05, 4.69) is 0 Å². The lowest BCUT2D eigenvalue weighted by molar-refractivity contribution is 0.535. The van der Waals surface area contributed by atoms with Gasteiger partial charge in [-0.25, -0.2) is 0 Å². The van der Waals surface area contributed by atoms with Crippen molar-refractivity contribution in [1.29, 1.82) is 0 Å². The van der Waals surface area contributed by atoms with Gasteiger partial charge >= 0.3 is 0 Å². The third-order valence-electron chi connectivity index (χ3n) is 5.26. The molecule has 4 aromatic carbocycles. The molecule has 0 aliphatic heterocycles. The van der Waals surface area contributed by atoms with E-state index in [-0.39, 0.29) is 9.79 Å². The van der Waals surface area contributed by atoms with Crippen molar-refractivity contribution in [1.82, 2.24) is 0 Å². The van der Waals surface area contributed by atoms with Gasteiger partial charge in [-0.1, -0.05) is 109 Å². The number of rotatable bonds is 7. The molecule has 0 radical (unpaired) electrons. The number of hydrogen-bond donors (Lipinski definition) is 0. The zero-order valence-corrected chi connectivity index (χ0v) is 19.6. The summed E-state index contributed by atoms with van der Waals surface area (Å²) in [5.74, 6) is 0. The van der Waals surface area contributed by atoms with E-state index in [1.807, 2.05) is 72.8 Å². The summed E-state index contributed by atoms with van der Waals surface area (Å²) in [5.41, 5.74) is 5.33. The van der Waals surface area contributed by atoms with Crippen molar-refractivity contribution in [3.8, 4) is 11.1 Å². The Balaban J connectivity index is 1.47. The topological polar surface area (TPSA) is 80.3 Å². The molecule has 0 amide bonds. The van der Waals surface area contributed by atoms with Gasteiger partial charge in [-0.15, -0.1) is 0 Å². The average molecular weight is 485 g/mol. The SMILES string of the molecule is O=S([O-])c1ccccc1C=Cc1ccc(-c2ccc(C=Cc3ccccc3S(=O)[O-])cc2)cc1. The fourth-order valence-corrected chi connectivity index (χ4v) is 4.52. The van der Waals surface area contributed by atoms with Crippen molar-refractivity contribution < 1.29 is 17.5 Å². The van der Waals surface area contributed by atoms with Crippen molar-refractivity contribution in [2.45, 2.75) is 9.79 Å². The highest BCUT2D eigenvalue weighted by atomic mass is 32.2. The Labute approximate surface area is 203 Å².